The van der Waals surface area contributed by atoms with E-state index in [1.165, 1.54) is 6.07 Å². The lowest BCUT2D eigenvalue weighted by molar-refractivity contribution is -0.122. The second kappa shape index (κ2) is 7.55. The Morgan fingerprint density at radius 3 is 2.64 bits per heavy atom. The van der Waals surface area contributed by atoms with Gasteiger partial charge in [0.25, 0.3) is 0 Å². The zero-order valence-corrected chi connectivity index (χ0v) is 12.7. The molecule has 0 aromatic heterocycles. The summed E-state index contributed by atoms with van der Waals surface area (Å²) in [6, 6.07) is 14.4. The zero-order chi connectivity index (χ0) is 15.9. The van der Waals surface area contributed by atoms with E-state index in [1.54, 1.807) is 18.2 Å². The van der Waals surface area contributed by atoms with Gasteiger partial charge in [0.15, 0.2) is 0 Å². The van der Waals surface area contributed by atoms with E-state index in [4.69, 9.17) is 0 Å². The fourth-order valence-corrected chi connectivity index (χ4v) is 2.42. The number of carbonyl (C=O) groups excluding carboxylic acids is 1. The molecule has 0 saturated carbocycles. The van der Waals surface area contributed by atoms with E-state index in [0.717, 1.165) is 11.1 Å². The van der Waals surface area contributed by atoms with Gasteiger partial charge in [-0.3, -0.25) is 4.79 Å². The molecule has 2 rings (SSSR count). The predicted molar refractivity (Wildman–Crippen MR) is 87.8 cm³/mol. The Morgan fingerprint density at radius 2 is 2.00 bits per heavy atom. The lowest BCUT2D eigenvalue weighted by atomic mass is 9.95. The van der Waals surface area contributed by atoms with Crippen LogP contribution >= 0.6 is 0 Å². The van der Waals surface area contributed by atoms with E-state index in [1.807, 2.05) is 37.3 Å². The van der Waals surface area contributed by atoms with Crippen molar-refractivity contribution < 1.29 is 9.18 Å². The second-order valence-corrected chi connectivity index (χ2v) is 5.14. The number of hydrogen-bond donors (Lipinski definition) is 1. The number of hydrogen-bond acceptors (Lipinski definition) is 1. The van der Waals surface area contributed by atoms with Gasteiger partial charge in [0, 0.05) is 12.1 Å². The Labute approximate surface area is 130 Å². The van der Waals surface area contributed by atoms with E-state index in [-0.39, 0.29) is 24.2 Å². The summed E-state index contributed by atoms with van der Waals surface area (Å²) >= 11 is 0. The van der Waals surface area contributed by atoms with E-state index >= 15 is 0 Å². The molecule has 114 valence electrons. The summed E-state index contributed by atoms with van der Waals surface area (Å²) in [5.41, 5.74) is 2.28. The standard InChI is InChI=1S/C19H20FNO/c1-3-14-10-11-18(20)16(12-14)13-21-19(22)17(4-2)15-8-6-5-7-9-15/h3,5-12,17H,1,4,13H2,2H3,(H,21,22). The zero-order valence-electron chi connectivity index (χ0n) is 12.7. The molecular formula is C19H20FNO. The molecule has 3 heteroatoms. The maximum absolute atomic E-state index is 13.8. The van der Waals surface area contributed by atoms with Crippen molar-refractivity contribution in [2.45, 2.75) is 25.8 Å². The summed E-state index contributed by atoms with van der Waals surface area (Å²) in [5, 5.41) is 2.83. The van der Waals surface area contributed by atoms with Crippen molar-refractivity contribution >= 4 is 12.0 Å². The van der Waals surface area contributed by atoms with E-state index in [0.29, 0.717) is 12.0 Å². The molecule has 2 nitrogen and oxygen atoms in total. The van der Waals surface area contributed by atoms with E-state index in [2.05, 4.69) is 11.9 Å². The van der Waals surface area contributed by atoms with Crippen LogP contribution in [-0.4, -0.2) is 5.91 Å². The molecule has 1 amide bonds. The van der Waals surface area contributed by atoms with E-state index < -0.39 is 0 Å². The van der Waals surface area contributed by atoms with Gasteiger partial charge in [0.2, 0.25) is 5.91 Å². The molecule has 0 aliphatic carbocycles. The molecule has 0 fully saturated rings. The number of rotatable bonds is 6. The summed E-state index contributed by atoms with van der Waals surface area (Å²) in [4.78, 5) is 12.4. The highest BCUT2D eigenvalue weighted by Gasteiger charge is 2.18. The van der Waals surface area contributed by atoms with Gasteiger partial charge >= 0.3 is 0 Å². The minimum absolute atomic E-state index is 0.0860. The molecule has 0 aliphatic heterocycles. The lowest BCUT2D eigenvalue weighted by Gasteiger charge is -2.16. The van der Waals surface area contributed by atoms with Gasteiger partial charge in [-0.15, -0.1) is 0 Å². The molecule has 0 bridgehead atoms. The Balaban J connectivity index is 2.07. The van der Waals surface area contributed by atoms with Gasteiger partial charge in [-0.2, -0.15) is 0 Å². The highest BCUT2D eigenvalue weighted by molar-refractivity contribution is 5.83. The van der Waals surface area contributed by atoms with Crippen LogP contribution in [0.1, 0.15) is 36.0 Å². The van der Waals surface area contributed by atoms with Gasteiger partial charge in [0.05, 0.1) is 5.92 Å². The van der Waals surface area contributed by atoms with Crippen LogP contribution in [-0.2, 0) is 11.3 Å². The van der Waals surface area contributed by atoms with Crippen LogP contribution in [0.25, 0.3) is 6.08 Å². The summed E-state index contributed by atoms with van der Waals surface area (Å²) in [6.45, 7) is 5.81. The SMILES string of the molecule is C=Cc1ccc(F)c(CNC(=O)C(CC)c2ccccc2)c1. The molecule has 22 heavy (non-hydrogen) atoms. The fraction of sp³-hybridized carbons (Fsp3) is 0.211. The Kier molecular flexibility index (Phi) is 5.48. The van der Waals surface area contributed by atoms with Crippen LogP contribution in [0.5, 0.6) is 0 Å². The minimum Gasteiger partial charge on any atom is -0.351 e. The topological polar surface area (TPSA) is 29.1 Å². The first kappa shape index (κ1) is 16.0. The van der Waals surface area contributed by atoms with Crippen LogP contribution < -0.4 is 5.32 Å². The molecule has 1 N–H and O–H groups in total. The van der Waals surface area contributed by atoms with Crippen molar-refractivity contribution in [2.75, 3.05) is 0 Å². The van der Waals surface area contributed by atoms with Crippen molar-refractivity contribution in [2.24, 2.45) is 0 Å². The fourth-order valence-electron chi connectivity index (χ4n) is 2.42. The third kappa shape index (κ3) is 3.82. The maximum Gasteiger partial charge on any atom is 0.227 e. The molecular weight excluding hydrogens is 277 g/mol. The van der Waals surface area contributed by atoms with Crippen molar-refractivity contribution in [1.29, 1.82) is 0 Å². The van der Waals surface area contributed by atoms with Gasteiger partial charge in [0.1, 0.15) is 5.82 Å². The van der Waals surface area contributed by atoms with Crippen molar-refractivity contribution in [1.82, 2.24) is 5.32 Å². The second-order valence-electron chi connectivity index (χ2n) is 5.14. The van der Waals surface area contributed by atoms with Gasteiger partial charge < -0.3 is 5.32 Å². The third-order valence-electron chi connectivity index (χ3n) is 3.69. The summed E-state index contributed by atoms with van der Waals surface area (Å²) in [5.74, 6) is -0.623. The quantitative estimate of drug-likeness (QED) is 0.847. The smallest absolute Gasteiger partial charge is 0.227 e. The molecule has 0 heterocycles. The van der Waals surface area contributed by atoms with Crippen LogP contribution in [0.4, 0.5) is 4.39 Å². The van der Waals surface area contributed by atoms with Crippen molar-refractivity contribution in [3.05, 3.63) is 77.6 Å². The number of carbonyl (C=O) groups is 1. The van der Waals surface area contributed by atoms with Crippen LogP contribution in [0.2, 0.25) is 0 Å². The molecule has 1 atom stereocenters. The minimum atomic E-state index is -0.321. The Morgan fingerprint density at radius 1 is 1.27 bits per heavy atom. The molecule has 1 unspecified atom stereocenters. The number of amides is 1. The number of benzene rings is 2. The highest BCUT2D eigenvalue weighted by atomic mass is 19.1. The maximum atomic E-state index is 13.8. The first-order valence-corrected chi connectivity index (χ1v) is 7.39. The largest absolute Gasteiger partial charge is 0.351 e. The predicted octanol–water partition coefficient (Wildman–Crippen LogP) is 4.28. The number of halogens is 1. The highest BCUT2D eigenvalue weighted by Crippen LogP contribution is 2.19. The van der Waals surface area contributed by atoms with Crippen LogP contribution in [0.3, 0.4) is 0 Å². The third-order valence-corrected chi connectivity index (χ3v) is 3.69. The molecule has 0 saturated heterocycles. The normalized spacial score (nSPS) is 11.7. The van der Waals surface area contributed by atoms with Crippen molar-refractivity contribution in [3.63, 3.8) is 0 Å². The first-order valence-electron chi connectivity index (χ1n) is 7.39. The average Bonchev–Trinajstić information content (AvgIpc) is 2.56. The van der Waals surface area contributed by atoms with Crippen LogP contribution in [0, 0.1) is 5.82 Å². The molecule has 0 radical (unpaired) electrons. The Hall–Kier alpha value is -2.42. The Bertz CT molecular complexity index is 652. The molecule has 0 aliphatic rings. The summed E-state index contributed by atoms with van der Waals surface area (Å²) in [6.07, 6.45) is 2.36. The molecule has 0 spiro atoms. The van der Waals surface area contributed by atoms with Gasteiger partial charge in [-0.1, -0.05) is 56.0 Å². The van der Waals surface area contributed by atoms with Gasteiger partial charge in [-0.25, -0.2) is 4.39 Å². The number of nitrogens with one attached hydrogen (secondary N) is 1. The summed E-state index contributed by atoms with van der Waals surface area (Å²) < 4.78 is 13.8. The molecule has 2 aromatic rings. The van der Waals surface area contributed by atoms with Crippen LogP contribution in [0.15, 0.2) is 55.1 Å². The van der Waals surface area contributed by atoms with Crippen molar-refractivity contribution in [3.8, 4) is 0 Å². The average molecular weight is 297 g/mol. The first-order chi connectivity index (χ1) is 10.7. The summed E-state index contributed by atoms with van der Waals surface area (Å²) in [7, 11) is 0. The van der Waals surface area contributed by atoms with Gasteiger partial charge in [-0.05, 0) is 29.7 Å². The molecule has 2 aromatic carbocycles. The monoisotopic (exact) mass is 297 g/mol. The lowest BCUT2D eigenvalue weighted by Crippen LogP contribution is -2.29. The van der Waals surface area contributed by atoms with E-state index in [9.17, 15) is 9.18 Å².